The summed E-state index contributed by atoms with van der Waals surface area (Å²) in [5, 5.41) is 20.7. The van der Waals surface area contributed by atoms with E-state index < -0.39 is 12.1 Å². The molecule has 0 atom stereocenters. The fraction of sp³-hybridized carbons (Fsp3) is 0.480. The molecule has 2 N–H and O–H groups in total. The van der Waals surface area contributed by atoms with Gasteiger partial charge in [0.15, 0.2) is 0 Å². The molecule has 0 spiro atoms. The summed E-state index contributed by atoms with van der Waals surface area (Å²) in [6.45, 7) is 3.42. The van der Waals surface area contributed by atoms with Crippen molar-refractivity contribution in [3.63, 3.8) is 0 Å². The van der Waals surface area contributed by atoms with Crippen LogP contribution in [0.3, 0.4) is 0 Å². The Kier molecular flexibility index (Phi) is 9.40. The highest BCUT2D eigenvalue weighted by Crippen LogP contribution is 2.39. The molecule has 1 saturated carbocycles. The molecule has 2 aromatic rings. The van der Waals surface area contributed by atoms with Crippen molar-refractivity contribution < 1.29 is 23.1 Å². The van der Waals surface area contributed by atoms with Crippen molar-refractivity contribution in [1.29, 1.82) is 5.26 Å². The van der Waals surface area contributed by atoms with Gasteiger partial charge in [0.2, 0.25) is 0 Å². The van der Waals surface area contributed by atoms with E-state index in [4.69, 9.17) is 9.90 Å². The fourth-order valence-electron chi connectivity index (χ4n) is 4.40. The minimum Gasteiger partial charge on any atom is -0.475 e. The monoisotopic (exact) mass is 506 g/mol. The number of carboxylic acid groups (broad SMARTS) is 1. The Hall–Kier alpha value is -2.77. The number of anilines is 1. The van der Waals surface area contributed by atoms with Crippen LogP contribution in [0.25, 0.3) is 0 Å². The number of carbonyl (C=O) groups is 1. The van der Waals surface area contributed by atoms with Gasteiger partial charge in [0.1, 0.15) is 0 Å². The Morgan fingerprint density at radius 3 is 2.40 bits per heavy atom. The summed E-state index contributed by atoms with van der Waals surface area (Å²) in [6.07, 6.45) is 2.34. The topological polar surface area (TPSA) is 89.3 Å². The molecule has 35 heavy (non-hydrogen) atoms. The lowest BCUT2D eigenvalue weighted by molar-refractivity contribution is -0.192. The first kappa shape index (κ1) is 26.8. The number of pyridine rings is 1. The van der Waals surface area contributed by atoms with Crippen molar-refractivity contribution in [3.05, 3.63) is 59.9 Å². The van der Waals surface area contributed by atoms with E-state index in [1.165, 1.54) is 35.8 Å². The maximum Gasteiger partial charge on any atom is 0.490 e. The van der Waals surface area contributed by atoms with Gasteiger partial charge in [0, 0.05) is 55.3 Å². The number of rotatable bonds is 5. The molecule has 2 heterocycles. The summed E-state index contributed by atoms with van der Waals surface area (Å²) in [5.41, 5.74) is 3.36. The average Bonchev–Trinajstić information content (AvgIpc) is 2.86. The minimum atomic E-state index is -5.08. The number of carboxylic acids is 1. The van der Waals surface area contributed by atoms with Gasteiger partial charge >= 0.3 is 12.1 Å². The maximum atomic E-state index is 10.6. The molecule has 2 aliphatic rings. The number of hydrogen-bond donors (Lipinski definition) is 2. The molecule has 1 aromatic carbocycles. The Bertz CT molecular complexity index is 1000. The van der Waals surface area contributed by atoms with Crippen LogP contribution < -0.4 is 5.32 Å². The number of halogens is 3. The predicted octanol–water partition coefficient (Wildman–Crippen LogP) is 5.08. The molecule has 1 aliphatic heterocycles. The van der Waals surface area contributed by atoms with E-state index in [1.54, 1.807) is 12.4 Å². The number of alkyl halides is 3. The first-order chi connectivity index (χ1) is 16.7. The van der Waals surface area contributed by atoms with Gasteiger partial charge in [-0.25, -0.2) is 4.79 Å². The third kappa shape index (κ3) is 7.87. The van der Waals surface area contributed by atoms with Gasteiger partial charge in [-0.1, -0.05) is 12.1 Å². The smallest absolute Gasteiger partial charge is 0.475 e. The number of aliphatic carboxylic acids is 1. The van der Waals surface area contributed by atoms with Crippen molar-refractivity contribution in [2.45, 2.75) is 49.9 Å². The zero-order valence-electron chi connectivity index (χ0n) is 19.3. The highest BCUT2D eigenvalue weighted by molar-refractivity contribution is 7.99. The highest BCUT2D eigenvalue weighted by atomic mass is 32.2. The van der Waals surface area contributed by atoms with Gasteiger partial charge in [-0.3, -0.25) is 9.88 Å². The van der Waals surface area contributed by atoms with Crippen LogP contribution >= 0.6 is 11.8 Å². The van der Waals surface area contributed by atoms with Gasteiger partial charge < -0.3 is 10.4 Å². The minimum absolute atomic E-state index is 0.352. The number of nitriles is 1. The lowest BCUT2D eigenvalue weighted by atomic mass is 9.69. The fourth-order valence-corrected chi connectivity index (χ4v) is 5.38. The highest BCUT2D eigenvalue weighted by Gasteiger charge is 2.38. The summed E-state index contributed by atoms with van der Waals surface area (Å²) in [7, 11) is 0. The van der Waals surface area contributed by atoms with E-state index in [2.05, 4.69) is 57.3 Å². The van der Waals surface area contributed by atoms with Crippen LogP contribution in [0.15, 0.2) is 48.8 Å². The molecular weight excluding hydrogens is 477 g/mol. The summed E-state index contributed by atoms with van der Waals surface area (Å²) in [5.74, 6) is -0.261. The van der Waals surface area contributed by atoms with Crippen LogP contribution in [0.1, 0.15) is 36.8 Å². The van der Waals surface area contributed by atoms with Crippen LogP contribution in [0.5, 0.6) is 0 Å². The number of nitrogens with zero attached hydrogens (tertiary/aromatic N) is 3. The Morgan fingerprint density at radius 1 is 1.20 bits per heavy atom. The molecule has 0 amide bonds. The molecular formula is C25H29F3N4O2S. The molecule has 188 valence electrons. The summed E-state index contributed by atoms with van der Waals surface area (Å²) < 4.78 is 31.7. The number of thioether (sulfide) groups is 1. The lowest BCUT2D eigenvalue weighted by Crippen LogP contribution is -2.35. The van der Waals surface area contributed by atoms with E-state index in [1.807, 2.05) is 12.1 Å². The second-order valence-electron chi connectivity index (χ2n) is 8.74. The van der Waals surface area contributed by atoms with E-state index in [0.29, 0.717) is 6.04 Å². The van der Waals surface area contributed by atoms with Crippen LogP contribution in [0.2, 0.25) is 0 Å². The van der Waals surface area contributed by atoms with Gasteiger partial charge in [-0.2, -0.15) is 30.2 Å². The molecule has 1 saturated heterocycles. The lowest BCUT2D eigenvalue weighted by Gasteiger charge is -2.36. The average molecular weight is 507 g/mol. The van der Waals surface area contributed by atoms with Crippen LogP contribution in [0, 0.1) is 11.3 Å². The second kappa shape index (κ2) is 12.3. The summed E-state index contributed by atoms with van der Waals surface area (Å²) in [4.78, 5) is 15.5. The Labute approximate surface area is 207 Å². The molecule has 1 aromatic heterocycles. The Morgan fingerprint density at radius 2 is 1.83 bits per heavy atom. The van der Waals surface area contributed by atoms with Crippen LogP contribution in [0.4, 0.5) is 18.9 Å². The standard InChI is InChI=1S/C23H28N4S.C2HF3O2/c24-18-23(20-6-10-25-11-7-20)8-4-21(5-9-23)26-22-3-1-2-19(16-22)17-27-12-14-28-15-13-27;3-2(4,5)1(6)7/h1-3,6-7,10-11,16,21,26H,4-5,8-9,12-15,17H2;(H,6,7). The van der Waals surface area contributed by atoms with E-state index in [9.17, 15) is 18.4 Å². The van der Waals surface area contributed by atoms with Crippen molar-refractivity contribution in [2.24, 2.45) is 0 Å². The van der Waals surface area contributed by atoms with Crippen molar-refractivity contribution in [3.8, 4) is 6.07 Å². The van der Waals surface area contributed by atoms with Crippen molar-refractivity contribution in [1.82, 2.24) is 9.88 Å². The quantitative estimate of drug-likeness (QED) is 0.585. The molecule has 2 fully saturated rings. The first-order valence-electron chi connectivity index (χ1n) is 11.5. The van der Waals surface area contributed by atoms with Crippen molar-refractivity contribution >= 4 is 23.4 Å². The molecule has 0 bridgehead atoms. The number of nitrogens with one attached hydrogen (secondary N) is 1. The number of aromatic nitrogens is 1. The van der Waals surface area contributed by atoms with Gasteiger partial charge in [0.05, 0.1) is 11.5 Å². The summed E-state index contributed by atoms with van der Waals surface area (Å²) >= 11 is 2.06. The Balaban J connectivity index is 0.000000429. The third-order valence-corrected chi connectivity index (χ3v) is 7.28. The molecule has 6 nitrogen and oxygen atoms in total. The number of benzene rings is 1. The van der Waals surface area contributed by atoms with E-state index >= 15 is 0 Å². The predicted molar refractivity (Wildman–Crippen MR) is 130 cm³/mol. The maximum absolute atomic E-state index is 10.6. The largest absolute Gasteiger partial charge is 0.490 e. The molecule has 4 rings (SSSR count). The van der Waals surface area contributed by atoms with Gasteiger partial charge in [0.25, 0.3) is 0 Å². The SMILES string of the molecule is N#CC1(c2ccncc2)CCC(Nc2cccc(CN3CCSCC3)c2)CC1.O=C(O)C(F)(F)F. The van der Waals surface area contributed by atoms with Crippen LogP contribution in [-0.4, -0.2) is 57.8 Å². The summed E-state index contributed by atoms with van der Waals surface area (Å²) in [6, 6.07) is 15.9. The zero-order chi connectivity index (χ0) is 25.3. The zero-order valence-corrected chi connectivity index (χ0v) is 20.1. The molecule has 0 radical (unpaired) electrons. The third-order valence-electron chi connectivity index (χ3n) is 6.34. The van der Waals surface area contributed by atoms with E-state index in [0.717, 1.165) is 37.8 Å². The normalized spacial score (nSPS) is 22.9. The van der Waals surface area contributed by atoms with Gasteiger partial charge in [-0.15, -0.1) is 0 Å². The molecule has 1 aliphatic carbocycles. The molecule has 0 unspecified atom stereocenters. The second-order valence-corrected chi connectivity index (χ2v) is 9.96. The van der Waals surface area contributed by atoms with Crippen LogP contribution in [-0.2, 0) is 16.8 Å². The molecule has 10 heteroatoms. The first-order valence-corrected chi connectivity index (χ1v) is 12.6. The van der Waals surface area contributed by atoms with E-state index in [-0.39, 0.29) is 5.41 Å². The number of hydrogen-bond acceptors (Lipinski definition) is 6. The van der Waals surface area contributed by atoms with Gasteiger partial charge in [-0.05, 0) is 61.1 Å². The van der Waals surface area contributed by atoms with Crippen molar-refractivity contribution in [2.75, 3.05) is 29.9 Å².